The van der Waals surface area contributed by atoms with Crippen LogP contribution in [0.4, 0.5) is 0 Å². The molecule has 0 saturated heterocycles. The van der Waals surface area contributed by atoms with Crippen molar-refractivity contribution in [2.24, 2.45) is 0 Å². The van der Waals surface area contributed by atoms with Crippen LogP contribution in [0.1, 0.15) is 75.3 Å². The minimum absolute atomic E-state index is 0.228. The first kappa shape index (κ1) is 85.4. The summed E-state index contributed by atoms with van der Waals surface area (Å²) < 4.78 is 18.5. The Bertz CT molecular complexity index is 9940. The van der Waals surface area contributed by atoms with Crippen molar-refractivity contribution < 1.29 is 4.42 Å². The molecule has 19 aromatic carbocycles. The fourth-order valence-electron chi connectivity index (χ4n) is 24.2. The number of benzene rings is 19. The van der Waals surface area contributed by atoms with E-state index in [2.05, 4.69) is 466 Å². The largest absolute Gasteiger partial charge is 0.456 e. The van der Waals surface area contributed by atoms with E-state index in [-0.39, 0.29) is 16.2 Å². The van der Waals surface area contributed by atoms with Gasteiger partial charge in [-0.2, -0.15) is 0 Å². The van der Waals surface area contributed by atoms with Crippen molar-refractivity contribution in [1.29, 1.82) is 0 Å². The first-order chi connectivity index (χ1) is 72.2. The molecule has 3 aliphatic carbocycles. The summed E-state index contributed by atoms with van der Waals surface area (Å²) in [6.07, 6.45) is 0. The van der Waals surface area contributed by atoms with E-state index in [0.29, 0.717) is 0 Å². The molecule has 0 unspecified atom stereocenters. The summed E-state index contributed by atoms with van der Waals surface area (Å²) in [5.74, 6) is 2.27. The number of para-hydroxylation sites is 6. The van der Waals surface area contributed by atoms with Crippen LogP contribution in [0.25, 0.3) is 253 Å². The maximum absolute atomic E-state index is 6.33. The monoisotopic (exact) mass is 1900 g/mol. The summed E-state index contributed by atoms with van der Waals surface area (Å²) in [6, 6.07) is 161. The van der Waals surface area contributed by atoms with Crippen LogP contribution in [-0.4, -0.2) is 48.2 Å². The maximum Gasteiger partial charge on any atom is 0.160 e. The van der Waals surface area contributed by atoms with Gasteiger partial charge in [0, 0.05) is 169 Å². The Hall–Kier alpha value is -18.4. The number of furan rings is 1. The van der Waals surface area contributed by atoms with Crippen LogP contribution >= 0.6 is 11.3 Å². The number of hydrogen-bond acceptors (Lipinski definition) is 8. The average Bonchev–Trinajstić information content (AvgIpc) is 1.57. The van der Waals surface area contributed by atoms with E-state index in [4.69, 9.17) is 34.3 Å². The van der Waals surface area contributed by atoms with Gasteiger partial charge in [-0.05, 0) is 149 Å². The van der Waals surface area contributed by atoms with E-state index in [0.717, 1.165) is 157 Å². The summed E-state index contributed by atoms with van der Waals surface area (Å²) in [6.45, 7) is 13.7. The molecule has 0 fully saturated rings. The first-order valence-corrected chi connectivity index (χ1v) is 51.3. The molecule has 0 saturated carbocycles. The van der Waals surface area contributed by atoms with Crippen LogP contribution in [0, 0.1) is 0 Å². The lowest BCUT2D eigenvalue weighted by Gasteiger charge is -2.21. The van der Waals surface area contributed by atoms with Crippen molar-refractivity contribution in [3.8, 4) is 124 Å². The summed E-state index contributed by atoms with van der Waals surface area (Å²) >= 11 is 1.87. The minimum Gasteiger partial charge on any atom is -0.456 e. The number of aromatic nitrogens is 10. The molecule has 0 spiro atoms. The van der Waals surface area contributed by atoms with Gasteiger partial charge in [-0.1, -0.05) is 369 Å². The Morgan fingerprint density at radius 3 is 0.878 bits per heavy atom. The standard InChI is InChI=1S/C49H34N4.C43H29N3O.C43H29N3S/c1-49(2)40-22-12-9-21-37(40)45-46(50-48(51-47(45)49)32-15-5-3-6-16-32)31-25-27-34(28-26-31)53-42-24-14-11-20-36(42)39-29-38-35-19-10-13-23-41(35)52(43(38)30-44(39)53)33-17-7-4-8-18-33;2*1-43(2)34-17-9-6-16-31(34)39-40(44-42(45-41(39)43)27-12-4-3-5-13-27)26-20-22-28(23-21-26)46-35-18-10-7-14-29(35)32-24-33-30-15-8-11-19-37(30)47-38(33)25-36(32)46/h3-30H,1-2H3;2*3-25H,1-2H3. The zero-order valence-corrected chi connectivity index (χ0v) is 82.3. The molecule has 3 aliphatic rings. The molecule has 0 atom stereocenters. The summed E-state index contributed by atoms with van der Waals surface area (Å²) in [7, 11) is 0. The van der Waals surface area contributed by atoms with E-state index in [9.17, 15) is 0 Å². The van der Waals surface area contributed by atoms with Crippen LogP contribution in [0.5, 0.6) is 0 Å². The number of nitrogens with zero attached hydrogens (tertiary/aromatic N) is 10. The van der Waals surface area contributed by atoms with Crippen molar-refractivity contribution in [3.05, 3.63) is 483 Å². The van der Waals surface area contributed by atoms with Crippen LogP contribution in [-0.2, 0) is 16.2 Å². The Kier molecular flexibility index (Phi) is 19.1. The summed E-state index contributed by atoms with van der Waals surface area (Å²) in [5.41, 5.74) is 38.4. The predicted molar refractivity (Wildman–Crippen MR) is 609 cm³/mol. The van der Waals surface area contributed by atoms with Gasteiger partial charge in [-0.3, -0.25) is 0 Å². The number of fused-ring (bicyclic) bond motifs is 27. The molecule has 0 amide bonds. The van der Waals surface area contributed by atoms with Gasteiger partial charge in [-0.15, -0.1) is 11.3 Å². The normalized spacial score (nSPS) is 13.4. The van der Waals surface area contributed by atoms with Crippen molar-refractivity contribution in [2.75, 3.05) is 0 Å². The van der Waals surface area contributed by atoms with Gasteiger partial charge in [0.1, 0.15) is 11.2 Å². The molecule has 0 radical (unpaired) electrons. The fraction of sp³-hybridized carbons (Fsp3) is 0.0667. The molecule has 28 aromatic rings. The van der Waals surface area contributed by atoms with E-state index in [1.54, 1.807) is 0 Å². The van der Waals surface area contributed by atoms with Crippen LogP contribution < -0.4 is 0 Å². The van der Waals surface area contributed by atoms with Crippen LogP contribution in [0.3, 0.4) is 0 Å². The lowest BCUT2D eigenvalue weighted by atomic mass is 9.85. The van der Waals surface area contributed by atoms with E-state index in [1.807, 2.05) is 53.8 Å². The number of thiophene rings is 1. The number of hydrogen-bond donors (Lipinski definition) is 0. The topological polar surface area (TPSA) is 110 Å². The van der Waals surface area contributed by atoms with Crippen molar-refractivity contribution >= 4 is 141 Å². The molecule has 147 heavy (non-hydrogen) atoms. The van der Waals surface area contributed by atoms with Gasteiger partial charge in [0.05, 0.1) is 78.3 Å². The SMILES string of the molecule is CC1(C)c2ccccc2-c2c(-c3ccc(-n4c5ccccc5c5cc6c(cc54)oc4ccccc46)cc3)nc(-c3ccccc3)nc21.CC1(C)c2ccccc2-c2c(-c3ccc(-n4c5ccccc5c5cc6c(cc54)sc4ccccc46)cc3)nc(-c3ccccc3)nc21.CC1(C)c2ccccc2-c2c(-c3ccc(-n4c5ccccc5c5cc6c7ccccc7n(-c7ccccc7)c6cc54)cc3)nc(-c3ccccc3)nc21. The minimum atomic E-state index is -0.246. The third-order valence-electron chi connectivity index (χ3n) is 31.2. The van der Waals surface area contributed by atoms with E-state index in [1.165, 1.54) is 130 Å². The van der Waals surface area contributed by atoms with Gasteiger partial charge in [0.25, 0.3) is 0 Å². The highest BCUT2D eigenvalue weighted by Crippen LogP contribution is 2.57. The van der Waals surface area contributed by atoms with Crippen molar-refractivity contribution in [3.63, 3.8) is 0 Å². The third kappa shape index (κ3) is 13.2. The Morgan fingerprint density at radius 2 is 0.490 bits per heavy atom. The second-order valence-electron chi connectivity index (χ2n) is 40.7. The average molecular weight is 1900 g/mol. The molecule has 12 heteroatoms. The van der Waals surface area contributed by atoms with Gasteiger partial charge >= 0.3 is 0 Å². The van der Waals surface area contributed by atoms with Gasteiger partial charge in [-0.25, -0.2) is 29.9 Å². The lowest BCUT2D eigenvalue weighted by Crippen LogP contribution is -2.17. The molecular weight excluding hydrogens is 1810 g/mol. The molecule has 694 valence electrons. The van der Waals surface area contributed by atoms with E-state index >= 15 is 0 Å². The zero-order valence-electron chi connectivity index (χ0n) is 81.5. The highest BCUT2D eigenvalue weighted by Gasteiger charge is 2.44. The zero-order chi connectivity index (χ0) is 97.8. The molecular formula is C135H92N10OS. The lowest BCUT2D eigenvalue weighted by molar-refractivity contribution is 0.636. The summed E-state index contributed by atoms with van der Waals surface area (Å²) in [4.78, 5) is 31.6. The first-order valence-electron chi connectivity index (χ1n) is 50.5. The Balaban J connectivity index is 0.000000104. The third-order valence-corrected chi connectivity index (χ3v) is 32.4. The molecule has 0 aliphatic heterocycles. The fourth-order valence-corrected chi connectivity index (χ4v) is 25.3. The van der Waals surface area contributed by atoms with E-state index < -0.39 is 0 Å². The summed E-state index contributed by atoms with van der Waals surface area (Å²) in [5, 5.41) is 14.9. The Morgan fingerprint density at radius 1 is 0.197 bits per heavy atom. The molecule has 11 nitrogen and oxygen atoms in total. The molecule has 9 heterocycles. The van der Waals surface area contributed by atoms with Gasteiger partial charge in [0.15, 0.2) is 17.5 Å². The molecule has 31 rings (SSSR count). The smallest absolute Gasteiger partial charge is 0.160 e. The molecule has 0 N–H and O–H groups in total. The van der Waals surface area contributed by atoms with Gasteiger partial charge < -0.3 is 22.7 Å². The quantitative estimate of drug-likeness (QED) is 0.134. The highest BCUT2D eigenvalue weighted by atomic mass is 32.1. The predicted octanol–water partition coefficient (Wildman–Crippen LogP) is 35.0. The maximum atomic E-state index is 6.33. The molecule has 9 aromatic heterocycles. The number of rotatable bonds is 10. The molecule has 0 bridgehead atoms. The Labute approximate surface area is 851 Å². The van der Waals surface area contributed by atoms with Gasteiger partial charge in [0.2, 0.25) is 0 Å². The second-order valence-corrected chi connectivity index (χ2v) is 41.8. The van der Waals surface area contributed by atoms with Crippen molar-refractivity contribution in [1.82, 2.24) is 48.2 Å². The van der Waals surface area contributed by atoms with Crippen LogP contribution in [0.2, 0.25) is 0 Å². The van der Waals surface area contributed by atoms with Crippen molar-refractivity contribution in [2.45, 2.75) is 57.8 Å². The van der Waals surface area contributed by atoms with Crippen LogP contribution in [0.15, 0.2) is 453 Å². The second kappa shape index (κ2) is 32.8. The highest BCUT2D eigenvalue weighted by molar-refractivity contribution is 7.25.